The lowest BCUT2D eigenvalue weighted by atomic mass is 10.5. The Kier molecular flexibility index (Phi) is 1.55. The molecule has 1 rings (SSSR count). The molecule has 0 aliphatic carbocycles. The second kappa shape index (κ2) is 3.35. The molecule has 0 aromatic carbocycles. The van der Waals surface area contributed by atoms with Crippen molar-refractivity contribution in [3.05, 3.63) is 24.2 Å². The summed E-state index contributed by atoms with van der Waals surface area (Å²) < 4.78 is 19.4. The molecule has 1 aromatic heterocycles. The maximum atomic E-state index is 10.00. The van der Waals surface area contributed by atoms with Crippen molar-refractivity contribution >= 4 is 17.4 Å². The van der Waals surface area contributed by atoms with Gasteiger partial charge in [0.25, 0.3) is 0 Å². The first-order valence-corrected chi connectivity index (χ1v) is 3.20. The Hall–Kier alpha value is -0.700. The van der Waals surface area contributed by atoms with E-state index in [1.165, 1.54) is 12.3 Å². The normalized spacial score (nSPS) is 14.2. The summed E-state index contributed by atoms with van der Waals surface area (Å²) in [6.07, 6.45) is 1.37. The van der Waals surface area contributed by atoms with Crippen LogP contribution in [-0.2, 0) is 10.5 Å². The van der Waals surface area contributed by atoms with Crippen molar-refractivity contribution in [3.8, 4) is 0 Å². The third-order valence-electron chi connectivity index (χ3n) is 0.729. The van der Waals surface area contributed by atoms with E-state index in [9.17, 15) is 4.79 Å². The van der Waals surface area contributed by atoms with Crippen molar-refractivity contribution in [1.29, 1.82) is 0 Å². The third-order valence-corrected chi connectivity index (χ3v) is 1.14. The second-order valence-electron chi connectivity index (χ2n) is 1.29. The molecular weight excluding hydrogens is 136 g/mol. The Balaban J connectivity index is 2.81. The highest BCUT2D eigenvalue weighted by Crippen LogP contribution is 2.08. The average molecular weight is 144 g/mol. The van der Waals surface area contributed by atoms with Gasteiger partial charge < -0.3 is 4.42 Å². The zero-order valence-electron chi connectivity index (χ0n) is 6.53. The van der Waals surface area contributed by atoms with Gasteiger partial charge in [-0.2, -0.15) is 0 Å². The van der Waals surface area contributed by atoms with Gasteiger partial charge in [-0.05, 0) is 12.1 Å². The van der Waals surface area contributed by atoms with Crippen LogP contribution >= 0.6 is 11.8 Å². The van der Waals surface area contributed by atoms with Crippen LogP contribution in [0.15, 0.2) is 22.8 Å². The van der Waals surface area contributed by atoms with Gasteiger partial charge in [0.05, 0.1) is 12.0 Å². The molecule has 3 heteroatoms. The fraction of sp³-hybridized carbons (Fsp3) is 0.167. The van der Waals surface area contributed by atoms with Crippen LogP contribution in [0.5, 0.6) is 0 Å². The highest BCUT2D eigenvalue weighted by atomic mass is 32.2. The summed E-state index contributed by atoms with van der Waals surface area (Å²) in [4.78, 5) is 10.00. The first-order valence-electron chi connectivity index (χ1n) is 3.32. The van der Waals surface area contributed by atoms with Gasteiger partial charge in [0.15, 0.2) is 5.62 Å². The Morgan fingerprint density at radius 1 is 2.00 bits per heavy atom. The van der Waals surface area contributed by atoms with E-state index in [1.807, 2.05) is 0 Å². The molecule has 0 spiro atoms. The lowest BCUT2D eigenvalue weighted by Gasteiger charge is -1.85. The van der Waals surface area contributed by atoms with Gasteiger partial charge >= 0.3 is 0 Å². The van der Waals surface area contributed by atoms with E-state index >= 15 is 0 Å². The lowest BCUT2D eigenvalue weighted by Crippen LogP contribution is -1.71. The second-order valence-corrected chi connectivity index (χ2v) is 1.93. The van der Waals surface area contributed by atoms with Crippen LogP contribution < -0.4 is 0 Å². The molecule has 0 aliphatic rings. The Morgan fingerprint density at radius 2 is 2.89 bits per heavy atom. The van der Waals surface area contributed by atoms with E-state index in [2.05, 4.69) is 0 Å². The average Bonchev–Trinajstić information content (AvgIpc) is 2.37. The summed E-state index contributed by atoms with van der Waals surface area (Å²) in [5.74, 6) is 0.162. The van der Waals surface area contributed by atoms with Gasteiger partial charge in [-0.3, -0.25) is 4.79 Å². The minimum Gasteiger partial charge on any atom is -0.468 e. The standard InChI is InChI=1S/C6H6O2S/c7-5-9-4-6-2-1-3-8-6/h1-3,5H,4H2/i4D2. The van der Waals surface area contributed by atoms with Crippen molar-refractivity contribution in [2.45, 2.75) is 5.70 Å². The van der Waals surface area contributed by atoms with Gasteiger partial charge in [0, 0.05) is 2.74 Å². The smallest absolute Gasteiger partial charge is 0.176 e. The summed E-state index contributed by atoms with van der Waals surface area (Å²) >= 11 is 0.550. The highest BCUT2D eigenvalue weighted by molar-refractivity contribution is 8.11. The fourth-order valence-corrected chi connectivity index (χ4v) is 0.699. The van der Waals surface area contributed by atoms with Gasteiger partial charge in [0.2, 0.25) is 0 Å². The maximum absolute atomic E-state index is 10.00. The van der Waals surface area contributed by atoms with Crippen LogP contribution in [0.2, 0.25) is 0 Å². The number of hydrogen-bond donors (Lipinski definition) is 0. The Labute approximate surface area is 60.1 Å². The first-order chi connectivity index (χ1) is 5.17. The molecule has 1 heterocycles. The Morgan fingerprint density at radius 3 is 3.44 bits per heavy atom. The molecule has 0 saturated carbocycles. The summed E-state index contributed by atoms with van der Waals surface area (Å²) in [6.45, 7) is 0. The van der Waals surface area contributed by atoms with Crippen molar-refractivity contribution < 1.29 is 12.0 Å². The van der Waals surface area contributed by atoms with Gasteiger partial charge in [-0.25, -0.2) is 0 Å². The molecule has 48 valence electrons. The number of hydrogen-bond acceptors (Lipinski definition) is 3. The molecule has 9 heavy (non-hydrogen) atoms. The minimum atomic E-state index is -1.74. The van der Waals surface area contributed by atoms with Crippen LogP contribution in [0.3, 0.4) is 0 Å². The van der Waals surface area contributed by atoms with Crippen LogP contribution in [-0.4, -0.2) is 5.62 Å². The maximum Gasteiger partial charge on any atom is 0.176 e. The molecular formula is C6H6O2S. The number of carbonyl (C=O) groups is 1. The number of furan rings is 1. The first kappa shape index (κ1) is 4.17. The molecule has 0 atom stereocenters. The molecule has 0 radical (unpaired) electrons. The molecule has 0 saturated heterocycles. The van der Waals surface area contributed by atoms with Crippen molar-refractivity contribution in [1.82, 2.24) is 0 Å². The van der Waals surface area contributed by atoms with Gasteiger partial charge in [-0.15, -0.1) is 0 Å². The van der Waals surface area contributed by atoms with E-state index in [4.69, 9.17) is 7.16 Å². The molecule has 0 fully saturated rings. The highest BCUT2D eigenvalue weighted by Gasteiger charge is 1.91. The lowest BCUT2D eigenvalue weighted by molar-refractivity contribution is 0.530. The molecule has 1 aromatic rings. The zero-order chi connectivity index (χ0) is 8.32. The number of rotatable bonds is 3. The predicted molar refractivity (Wildman–Crippen MR) is 36.8 cm³/mol. The van der Waals surface area contributed by atoms with Crippen LogP contribution in [0.25, 0.3) is 0 Å². The summed E-state index contributed by atoms with van der Waals surface area (Å²) in [6, 6.07) is 3.08. The molecule has 0 bridgehead atoms. The minimum absolute atomic E-state index is 0.162. The fourth-order valence-electron chi connectivity index (χ4n) is 0.419. The van der Waals surface area contributed by atoms with Crippen molar-refractivity contribution in [2.75, 3.05) is 0 Å². The SMILES string of the molecule is [2H]C([2H])(SC=O)c1ccco1. The quantitative estimate of drug-likeness (QED) is 0.605. The monoisotopic (exact) mass is 144 g/mol. The summed E-state index contributed by atoms with van der Waals surface area (Å²) in [7, 11) is 0. The van der Waals surface area contributed by atoms with Crippen LogP contribution in [0.1, 0.15) is 8.50 Å². The van der Waals surface area contributed by atoms with Gasteiger partial charge in [0.1, 0.15) is 5.76 Å². The van der Waals surface area contributed by atoms with Crippen molar-refractivity contribution in [2.24, 2.45) is 0 Å². The van der Waals surface area contributed by atoms with Crippen LogP contribution in [0.4, 0.5) is 0 Å². The van der Waals surface area contributed by atoms with Crippen molar-refractivity contribution in [3.63, 3.8) is 0 Å². The van der Waals surface area contributed by atoms with Gasteiger partial charge in [-0.1, -0.05) is 11.8 Å². The van der Waals surface area contributed by atoms with E-state index in [-0.39, 0.29) is 5.76 Å². The summed E-state index contributed by atoms with van der Waals surface area (Å²) in [5.41, 5.74) is -1.28. The molecule has 0 aliphatic heterocycles. The predicted octanol–water partition coefficient (Wildman–Crippen LogP) is 1.70. The topological polar surface area (TPSA) is 30.2 Å². The van der Waals surface area contributed by atoms with E-state index < -0.39 is 5.70 Å². The zero-order valence-corrected chi connectivity index (χ0v) is 5.35. The van der Waals surface area contributed by atoms with Crippen LogP contribution in [0, 0.1) is 0 Å². The number of carbonyl (C=O) groups excluding carboxylic acids is 1. The molecule has 2 nitrogen and oxygen atoms in total. The van der Waals surface area contributed by atoms with E-state index in [0.29, 0.717) is 17.4 Å². The largest absolute Gasteiger partial charge is 0.468 e. The molecule has 0 unspecified atom stereocenters. The third kappa shape index (κ3) is 1.93. The molecule has 0 amide bonds. The van der Waals surface area contributed by atoms with E-state index in [1.54, 1.807) is 6.07 Å². The Bertz CT molecular complexity index is 233. The number of thioether (sulfide) groups is 1. The summed E-state index contributed by atoms with van der Waals surface area (Å²) in [5, 5.41) is 0. The van der Waals surface area contributed by atoms with E-state index in [0.717, 1.165) is 0 Å². The molecule has 0 N–H and O–H groups in total.